The molecule has 2 rings (SSSR count). The van der Waals surface area contributed by atoms with Crippen molar-refractivity contribution in [3.63, 3.8) is 0 Å². The molecule has 2 heterocycles. The number of unbranched alkanes of at least 4 members (excludes halogenated alkanes) is 3. The minimum absolute atomic E-state index is 0.0806. The summed E-state index contributed by atoms with van der Waals surface area (Å²) < 4.78 is 3.48. The second-order valence-corrected chi connectivity index (χ2v) is 5.01. The molecule has 0 spiro atoms. The lowest BCUT2D eigenvalue weighted by Gasteiger charge is -2.09. The molecule has 0 atom stereocenters. The minimum atomic E-state index is 0.0806. The zero-order valence-electron chi connectivity index (χ0n) is 10.2. The van der Waals surface area contributed by atoms with Crippen LogP contribution >= 0.6 is 11.6 Å². The summed E-state index contributed by atoms with van der Waals surface area (Å²) in [5, 5.41) is 4.41. The number of aryl methyl sites for hydroxylation is 2. The fourth-order valence-electron chi connectivity index (χ4n) is 2.30. The van der Waals surface area contributed by atoms with Crippen molar-refractivity contribution in [1.82, 2.24) is 14.3 Å². The van der Waals surface area contributed by atoms with Crippen LogP contribution in [0, 0.1) is 0 Å². The molecule has 5 heteroatoms. The Bertz CT molecular complexity index is 410. The smallest absolute Gasteiger partial charge is 0.279 e. The Morgan fingerprint density at radius 1 is 1.18 bits per heavy atom. The van der Waals surface area contributed by atoms with Gasteiger partial charge in [0.25, 0.3) is 0 Å². The number of hydrogen-bond acceptors (Lipinski definition) is 2. The Kier molecular flexibility index (Phi) is 4.66. The molecule has 0 aromatic carbocycles. The van der Waals surface area contributed by atoms with Crippen LogP contribution in [0.1, 0.15) is 44.3 Å². The first-order valence-electron chi connectivity index (χ1n) is 6.55. The molecule has 96 valence electrons. The largest absolute Gasteiger partial charge is 0.345 e. The van der Waals surface area contributed by atoms with Gasteiger partial charge in [0.15, 0.2) is 0 Å². The summed E-state index contributed by atoms with van der Waals surface area (Å²) in [5.74, 6) is 1.71. The summed E-state index contributed by atoms with van der Waals surface area (Å²) in [7, 11) is 0. The zero-order chi connectivity index (χ0) is 12.1. The molecule has 17 heavy (non-hydrogen) atoms. The third kappa shape index (κ3) is 3.12. The third-order valence-corrected chi connectivity index (χ3v) is 3.55. The maximum Gasteiger partial charge on any atom is 0.345 e. The average molecular weight is 258 g/mol. The van der Waals surface area contributed by atoms with Gasteiger partial charge >= 0.3 is 5.69 Å². The molecule has 1 aliphatic heterocycles. The average Bonchev–Trinajstić information content (AvgIpc) is 2.67. The molecule has 0 unspecified atom stereocenters. The summed E-state index contributed by atoms with van der Waals surface area (Å²) in [6, 6.07) is 0. The molecule has 0 bridgehead atoms. The Balaban J connectivity index is 1.88. The molecular formula is C12H20ClN3O. The van der Waals surface area contributed by atoms with Crippen LogP contribution in [0.25, 0.3) is 0 Å². The van der Waals surface area contributed by atoms with Crippen LogP contribution in [-0.4, -0.2) is 20.2 Å². The monoisotopic (exact) mass is 257 g/mol. The Hall–Kier alpha value is -0.770. The van der Waals surface area contributed by atoms with Crippen LogP contribution in [0.4, 0.5) is 0 Å². The fourth-order valence-corrected chi connectivity index (χ4v) is 2.49. The highest BCUT2D eigenvalue weighted by atomic mass is 35.5. The standard InChI is InChI=1S/C12H20ClN3O/c13-8-4-1-2-5-10-16-12(17)15-9-6-3-7-11(15)14-16/h1-10H2. The van der Waals surface area contributed by atoms with Crippen molar-refractivity contribution in [2.75, 3.05) is 5.88 Å². The maximum absolute atomic E-state index is 12.0. The van der Waals surface area contributed by atoms with E-state index in [0.29, 0.717) is 0 Å². The van der Waals surface area contributed by atoms with Gasteiger partial charge in [-0.15, -0.1) is 11.6 Å². The van der Waals surface area contributed by atoms with Crippen molar-refractivity contribution in [2.45, 2.75) is 58.0 Å². The quantitative estimate of drug-likeness (QED) is 0.579. The van der Waals surface area contributed by atoms with Gasteiger partial charge in [0.2, 0.25) is 0 Å². The van der Waals surface area contributed by atoms with E-state index < -0.39 is 0 Å². The van der Waals surface area contributed by atoms with E-state index in [2.05, 4.69) is 5.10 Å². The van der Waals surface area contributed by atoms with E-state index in [1.807, 2.05) is 4.57 Å². The van der Waals surface area contributed by atoms with Crippen molar-refractivity contribution >= 4 is 11.6 Å². The van der Waals surface area contributed by atoms with Crippen molar-refractivity contribution < 1.29 is 0 Å². The highest BCUT2D eigenvalue weighted by Crippen LogP contribution is 2.09. The molecular weight excluding hydrogens is 238 g/mol. The van der Waals surface area contributed by atoms with Crippen LogP contribution < -0.4 is 5.69 Å². The second kappa shape index (κ2) is 6.24. The molecule has 0 radical (unpaired) electrons. The van der Waals surface area contributed by atoms with E-state index in [1.54, 1.807) is 4.68 Å². The fraction of sp³-hybridized carbons (Fsp3) is 0.833. The van der Waals surface area contributed by atoms with Crippen molar-refractivity contribution in [3.8, 4) is 0 Å². The summed E-state index contributed by atoms with van der Waals surface area (Å²) in [6.07, 6.45) is 7.57. The van der Waals surface area contributed by atoms with Crippen molar-refractivity contribution in [2.24, 2.45) is 0 Å². The topological polar surface area (TPSA) is 39.8 Å². The van der Waals surface area contributed by atoms with E-state index in [1.165, 1.54) is 0 Å². The van der Waals surface area contributed by atoms with Gasteiger partial charge < -0.3 is 0 Å². The lowest BCUT2D eigenvalue weighted by atomic mass is 10.2. The Morgan fingerprint density at radius 3 is 2.76 bits per heavy atom. The highest BCUT2D eigenvalue weighted by molar-refractivity contribution is 6.17. The Morgan fingerprint density at radius 2 is 2.00 bits per heavy atom. The van der Waals surface area contributed by atoms with Gasteiger partial charge in [-0.1, -0.05) is 12.8 Å². The third-order valence-electron chi connectivity index (χ3n) is 3.29. The molecule has 0 aliphatic carbocycles. The number of nitrogens with zero attached hydrogens (tertiary/aromatic N) is 3. The van der Waals surface area contributed by atoms with E-state index in [4.69, 9.17) is 11.6 Å². The molecule has 0 amide bonds. The van der Waals surface area contributed by atoms with Gasteiger partial charge in [-0.05, 0) is 25.7 Å². The molecule has 1 aromatic rings. The van der Waals surface area contributed by atoms with E-state index in [-0.39, 0.29) is 5.69 Å². The SMILES string of the molecule is O=c1n(CCCCCCCl)nc2n1CCCC2. The first kappa shape index (κ1) is 12.7. The lowest BCUT2D eigenvalue weighted by Crippen LogP contribution is -2.27. The molecule has 1 aliphatic rings. The molecule has 4 nitrogen and oxygen atoms in total. The van der Waals surface area contributed by atoms with Gasteiger partial charge in [0.05, 0.1) is 0 Å². The molecule has 0 saturated carbocycles. The van der Waals surface area contributed by atoms with Crippen LogP contribution in [0.3, 0.4) is 0 Å². The summed E-state index contributed by atoms with van der Waals surface area (Å²) in [5.41, 5.74) is 0.0806. The second-order valence-electron chi connectivity index (χ2n) is 4.63. The number of fused-ring (bicyclic) bond motifs is 1. The van der Waals surface area contributed by atoms with Gasteiger partial charge in [-0.2, -0.15) is 5.10 Å². The van der Waals surface area contributed by atoms with Crippen molar-refractivity contribution in [1.29, 1.82) is 0 Å². The minimum Gasteiger partial charge on any atom is -0.279 e. The van der Waals surface area contributed by atoms with E-state index in [0.717, 1.165) is 69.7 Å². The summed E-state index contributed by atoms with van der Waals surface area (Å²) in [4.78, 5) is 12.0. The first-order chi connectivity index (χ1) is 8.33. The van der Waals surface area contributed by atoms with E-state index in [9.17, 15) is 4.79 Å². The zero-order valence-corrected chi connectivity index (χ0v) is 11.0. The highest BCUT2D eigenvalue weighted by Gasteiger charge is 2.15. The lowest BCUT2D eigenvalue weighted by molar-refractivity contribution is 0.505. The van der Waals surface area contributed by atoms with Crippen LogP contribution in [0.15, 0.2) is 4.79 Å². The number of hydrogen-bond donors (Lipinski definition) is 0. The van der Waals surface area contributed by atoms with E-state index >= 15 is 0 Å². The predicted octanol–water partition coefficient (Wildman–Crippen LogP) is 2.18. The van der Waals surface area contributed by atoms with Crippen LogP contribution in [0.2, 0.25) is 0 Å². The molecule has 0 saturated heterocycles. The van der Waals surface area contributed by atoms with Gasteiger partial charge in [-0.25, -0.2) is 9.48 Å². The maximum atomic E-state index is 12.0. The van der Waals surface area contributed by atoms with Gasteiger partial charge in [-0.3, -0.25) is 4.57 Å². The summed E-state index contributed by atoms with van der Waals surface area (Å²) >= 11 is 5.62. The number of alkyl halides is 1. The Labute approximate surface area is 107 Å². The van der Waals surface area contributed by atoms with Crippen LogP contribution in [0.5, 0.6) is 0 Å². The predicted molar refractivity (Wildman–Crippen MR) is 68.6 cm³/mol. The molecule has 0 fully saturated rings. The number of aromatic nitrogens is 3. The van der Waals surface area contributed by atoms with Crippen LogP contribution in [-0.2, 0) is 19.5 Å². The number of rotatable bonds is 6. The summed E-state index contributed by atoms with van der Waals surface area (Å²) in [6.45, 7) is 1.60. The normalized spacial score (nSPS) is 14.9. The first-order valence-corrected chi connectivity index (χ1v) is 7.09. The molecule has 0 N–H and O–H groups in total. The molecule has 1 aromatic heterocycles. The van der Waals surface area contributed by atoms with Gasteiger partial charge in [0, 0.05) is 25.4 Å². The van der Waals surface area contributed by atoms with Gasteiger partial charge in [0.1, 0.15) is 5.82 Å². The van der Waals surface area contributed by atoms with Crippen molar-refractivity contribution in [3.05, 3.63) is 16.3 Å². The number of halogens is 1.